The van der Waals surface area contributed by atoms with E-state index in [1.165, 1.54) is 25.5 Å². The van der Waals surface area contributed by atoms with Gasteiger partial charge in [0.1, 0.15) is 17.7 Å². The topological polar surface area (TPSA) is 62.9 Å². The number of anilines is 2. The van der Waals surface area contributed by atoms with Crippen LogP contribution in [0.5, 0.6) is 0 Å². The monoisotopic (exact) mass is 252 g/mol. The smallest absolute Gasteiger partial charge is 0.145 e. The Morgan fingerprint density at radius 2 is 1.79 bits per heavy atom. The molecule has 0 spiro atoms. The first-order valence-electron chi connectivity index (χ1n) is 6.46. The van der Waals surface area contributed by atoms with Gasteiger partial charge in [0.25, 0.3) is 0 Å². The van der Waals surface area contributed by atoms with Crippen LogP contribution < -0.4 is 10.2 Å². The Bertz CT molecular complexity index is 526. The molecule has 1 aromatic rings. The fraction of sp³-hybridized carbons (Fsp3) is 0.333. The molecule has 96 valence electrons. The maximum atomic E-state index is 8.73. The van der Waals surface area contributed by atoms with Crippen molar-refractivity contribution in [2.45, 2.75) is 19.3 Å². The Morgan fingerprint density at radius 3 is 2.47 bits per heavy atom. The fourth-order valence-electron chi connectivity index (χ4n) is 2.25. The van der Waals surface area contributed by atoms with E-state index in [-0.39, 0.29) is 5.57 Å². The summed E-state index contributed by atoms with van der Waals surface area (Å²) in [5.41, 5.74) is 2.15. The summed E-state index contributed by atoms with van der Waals surface area (Å²) >= 11 is 0. The Morgan fingerprint density at radius 1 is 1.11 bits per heavy atom. The number of nitrogens with one attached hydrogen (secondary N) is 1. The van der Waals surface area contributed by atoms with E-state index in [1.807, 2.05) is 30.3 Å². The van der Waals surface area contributed by atoms with Gasteiger partial charge in [-0.1, -0.05) is 12.1 Å². The van der Waals surface area contributed by atoms with Crippen LogP contribution in [0.2, 0.25) is 0 Å². The second-order valence-corrected chi connectivity index (χ2v) is 4.49. The number of hydrogen-bond acceptors (Lipinski definition) is 4. The molecule has 0 saturated carbocycles. The van der Waals surface area contributed by atoms with E-state index in [2.05, 4.69) is 16.3 Å². The number of piperidine rings is 1. The molecule has 0 aromatic heterocycles. The van der Waals surface area contributed by atoms with Crippen molar-refractivity contribution in [1.29, 1.82) is 10.5 Å². The third-order valence-electron chi connectivity index (χ3n) is 3.21. The third-order valence-corrected chi connectivity index (χ3v) is 3.21. The number of benzene rings is 1. The predicted molar refractivity (Wildman–Crippen MR) is 75.4 cm³/mol. The van der Waals surface area contributed by atoms with Gasteiger partial charge in [-0.15, -0.1) is 0 Å². The minimum absolute atomic E-state index is 0.0773. The molecule has 0 aliphatic carbocycles. The number of allylic oxidation sites excluding steroid dienone is 1. The Balaban J connectivity index is 2.19. The van der Waals surface area contributed by atoms with Gasteiger partial charge in [-0.05, 0) is 31.4 Å². The van der Waals surface area contributed by atoms with Gasteiger partial charge in [-0.25, -0.2) is 0 Å². The molecule has 2 rings (SSSR count). The van der Waals surface area contributed by atoms with Crippen LogP contribution in [0.1, 0.15) is 19.3 Å². The van der Waals surface area contributed by atoms with Crippen LogP contribution >= 0.6 is 0 Å². The molecule has 0 radical (unpaired) electrons. The van der Waals surface area contributed by atoms with Crippen molar-refractivity contribution in [3.63, 3.8) is 0 Å². The first-order chi connectivity index (χ1) is 9.35. The lowest BCUT2D eigenvalue weighted by molar-refractivity contribution is 0.578. The molecule has 0 atom stereocenters. The van der Waals surface area contributed by atoms with Gasteiger partial charge in [0.15, 0.2) is 0 Å². The first kappa shape index (κ1) is 13.0. The van der Waals surface area contributed by atoms with Crippen LogP contribution in [-0.2, 0) is 0 Å². The molecule has 0 unspecified atom stereocenters. The van der Waals surface area contributed by atoms with Gasteiger partial charge in [0.2, 0.25) is 0 Å². The molecule has 1 N–H and O–H groups in total. The van der Waals surface area contributed by atoms with Crippen molar-refractivity contribution in [1.82, 2.24) is 0 Å². The Labute approximate surface area is 113 Å². The molecule has 0 bridgehead atoms. The molecule has 1 heterocycles. The summed E-state index contributed by atoms with van der Waals surface area (Å²) < 4.78 is 0. The zero-order valence-corrected chi connectivity index (χ0v) is 10.8. The maximum Gasteiger partial charge on any atom is 0.145 e. The average molecular weight is 252 g/mol. The van der Waals surface area contributed by atoms with E-state index in [4.69, 9.17) is 10.5 Å². The second kappa shape index (κ2) is 6.47. The second-order valence-electron chi connectivity index (χ2n) is 4.49. The zero-order valence-electron chi connectivity index (χ0n) is 10.8. The largest absolute Gasteiger partial charge is 0.370 e. The van der Waals surface area contributed by atoms with E-state index in [9.17, 15) is 0 Å². The zero-order chi connectivity index (χ0) is 13.5. The van der Waals surface area contributed by atoms with Crippen molar-refractivity contribution < 1.29 is 0 Å². The molecule has 1 aliphatic heterocycles. The number of para-hydroxylation sites is 2. The summed E-state index contributed by atoms with van der Waals surface area (Å²) in [6.45, 7) is 2.12. The van der Waals surface area contributed by atoms with Gasteiger partial charge < -0.3 is 10.2 Å². The van der Waals surface area contributed by atoms with E-state index in [0.717, 1.165) is 24.5 Å². The highest BCUT2D eigenvalue weighted by atomic mass is 15.1. The lowest BCUT2D eigenvalue weighted by atomic mass is 10.1. The van der Waals surface area contributed by atoms with Crippen LogP contribution in [0.4, 0.5) is 11.4 Å². The Kier molecular flexibility index (Phi) is 4.42. The highest BCUT2D eigenvalue weighted by Gasteiger charge is 2.13. The summed E-state index contributed by atoms with van der Waals surface area (Å²) in [7, 11) is 0. The van der Waals surface area contributed by atoms with Crippen LogP contribution in [-0.4, -0.2) is 13.1 Å². The summed E-state index contributed by atoms with van der Waals surface area (Å²) in [5, 5.41) is 20.5. The molecule has 1 fully saturated rings. The van der Waals surface area contributed by atoms with Crippen molar-refractivity contribution >= 4 is 11.4 Å². The fourth-order valence-corrected chi connectivity index (χ4v) is 2.25. The number of nitriles is 2. The summed E-state index contributed by atoms with van der Waals surface area (Å²) in [6.07, 6.45) is 5.18. The van der Waals surface area contributed by atoms with Crippen molar-refractivity contribution in [3.05, 3.63) is 36.0 Å². The van der Waals surface area contributed by atoms with Gasteiger partial charge in [-0.2, -0.15) is 10.5 Å². The van der Waals surface area contributed by atoms with Gasteiger partial charge in [-0.3, -0.25) is 0 Å². The molecule has 1 aliphatic rings. The number of hydrogen-bond donors (Lipinski definition) is 1. The number of nitrogens with zero attached hydrogens (tertiary/aromatic N) is 3. The predicted octanol–water partition coefficient (Wildman–Crippen LogP) is 3.02. The first-order valence-corrected chi connectivity index (χ1v) is 6.46. The van der Waals surface area contributed by atoms with Crippen molar-refractivity contribution in [2.24, 2.45) is 0 Å². The van der Waals surface area contributed by atoms with Crippen molar-refractivity contribution in [2.75, 3.05) is 23.3 Å². The minimum atomic E-state index is 0.0773. The van der Waals surface area contributed by atoms with E-state index in [0.29, 0.717) is 0 Å². The highest BCUT2D eigenvalue weighted by molar-refractivity contribution is 5.71. The quantitative estimate of drug-likeness (QED) is 0.840. The SMILES string of the molecule is N#CC(C#N)=CNc1ccccc1N1CCCCC1. The molecule has 0 amide bonds. The standard InChI is InChI=1S/C15H16N4/c16-10-13(11-17)12-18-14-6-2-3-7-15(14)19-8-4-1-5-9-19/h2-3,6-7,12,18H,1,4-5,8-9H2. The lowest BCUT2D eigenvalue weighted by Crippen LogP contribution is -2.29. The van der Waals surface area contributed by atoms with Crippen LogP contribution in [0.3, 0.4) is 0 Å². The molecule has 1 aromatic carbocycles. The minimum Gasteiger partial charge on any atom is -0.370 e. The summed E-state index contributed by atoms with van der Waals surface area (Å²) in [6, 6.07) is 11.7. The summed E-state index contributed by atoms with van der Waals surface area (Å²) in [4.78, 5) is 2.35. The van der Waals surface area contributed by atoms with Crippen molar-refractivity contribution in [3.8, 4) is 12.1 Å². The van der Waals surface area contributed by atoms with Crippen LogP contribution in [0, 0.1) is 22.7 Å². The molecule has 4 heteroatoms. The average Bonchev–Trinajstić information content (AvgIpc) is 2.49. The van der Waals surface area contributed by atoms with E-state index >= 15 is 0 Å². The van der Waals surface area contributed by atoms with E-state index < -0.39 is 0 Å². The summed E-state index contributed by atoms with van der Waals surface area (Å²) in [5.74, 6) is 0. The lowest BCUT2D eigenvalue weighted by Gasteiger charge is -2.30. The molecule has 19 heavy (non-hydrogen) atoms. The van der Waals surface area contributed by atoms with E-state index in [1.54, 1.807) is 0 Å². The molecular formula is C15H16N4. The van der Waals surface area contributed by atoms with Gasteiger partial charge >= 0.3 is 0 Å². The Hall–Kier alpha value is -2.46. The van der Waals surface area contributed by atoms with Crippen LogP contribution in [0.15, 0.2) is 36.0 Å². The number of rotatable bonds is 3. The van der Waals surface area contributed by atoms with Gasteiger partial charge in [0.05, 0.1) is 11.4 Å². The molecule has 4 nitrogen and oxygen atoms in total. The highest BCUT2D eigenvalue weighted by Crippen LogP contribution is 2.28. The third kappa shape index (κ3) is 3.26. The molecule has 1 saturated heterocycles. The molecular weight excluding hydrogens is 236 g/mol. The maximum absolute atomic E-state index is 8.73. The van der Waals surface area contributed by atoms with Crippen LogP contribution in [0.25, 0.3) is 0 Å². The normalized spacial score (nSPS) is 14.1. The van der Waals surface area contributed by atoms with Gasteiger partial charge in [0, 0.05) is 19.3 Å².